The van der Waals surface area contributed by atoms with Crippen LogP contribution in [-0.4, -0.2) is 37.6 Å². The Bertz CT molecular complexity index is 250. The summed E-state index contributed by atoms with van der Waals surface area (Å²) in [6.45, 7) is 16.0. The molecule has 0 bridgehead atoms. The minimum absolute atomic E-state index is 0.535. The van der Waals surface area contributed by atoms with Gasteiger partial charge in [0.2, 0.25) is 0 Å². The zero-order valence-corrected chi connectivity index (χ0v) is 12.9. The highest BCUT2D eigenvalue weighted by molar-refractivity contribution is 5.12. The number of nitrogens with one attached hydrogen (secondary N) is 1. The van der Waals surface area contributed by atoms with Crippen LogP contribution in [0.2, 0.25) is 0 Å². The fourth-order valence-electron chi connectivity index (χ4n) is 3.70. The molecule has 0 radical (unpaired) electrons. The summed E-state index contributed by atoms with van der Waals surface area (Å²) >= 11 is 0. The number of likely N-dealkylation sites (tertiary alicyclic amines) is 1. The van der Waals surface area contributed by atoms with Crippen molar-refractivity contribution in [3.05, 3.63) is 0 Å². The highest BCUT2D eigenvalue weighted by Crippen LogP contribution is 2.67. The number of rotatable bonds is 6. The molecule has 106 valence electrons. The van der Waals surface area contributed by atoms with Gasteiger partial charge in [-0.15, -0.1) is 0 Å². The van der Waals surface area contributed by atoms with Gasteiger partial charge in [0.15, 0.2) is 0 Å². The third-order valence-electron chi connectivity index (χ3n) is 5.94. The first-order valence-electron chi connectivity index (χ1n) is 7.89. The zero-order chi connectivity index (χ0) is 13.2. The summed E-state index contributed by atoms with van der Waals surface area (Å²) < 4.78 is 0. The van der Waals surface area contributed by atoms with E-state index >= 15 is 0 Å². The molecular formula is C16H32N2. The lowest BCUT2D eigenvalue weighted by Gasteiger charge is -2.26. The van der Waals surface area contributed by atoms with Crippen molar-refractivity contribution in [3.63, 3.8) is 0 Å². The molecule has 2 aliphatic rings. The molecule has 0 aromatic carbocycles. The van der Waals surface area contributed by atoms with Crippen LogP contribution in [0.5, 0.6) is 0 Å². The standard InChI is InChI=1S/C16H32N2/c1-15(2)14(16(15,3)4)13-17-9-8-12-18-10-6-5-7-11-18/h14,17H,5-13H2,1-4H3. The number of hydrogen-bond acceptors (Lipinski definition) is 2. The van der Waals surface area contributed by atoms with Gasteiger partial charge in [-0.05, 0) is 68.7 Å². The van der Waals surface area contributed by atoms with Gasteiger partial charge in [0.25, 0.3) is 0 Å². The molecule has 2 rings (SSSR count). The van der Waals surface area contributed by atoms with Gasteiger partial charge in [0.05, 0.1) is 0 Å². The molecular weight excluding hydrogens is 220 g/mol. The van der Waals surface area contributed by atoms with E-state index in [1.165, 1.54) is 58.4 Å². The highest BCUT2D eigenvalue weighted by atomic mass is 15.1. The Balaban J connectivity index is 1.52. The molecule has 1 saturated carbocycles. The van der Waals surface area contributed by atoms with Crippen LogP contribution in [0.3, 0.4) is 0 Å². The monoisotopic (exact) mass is 252 g/mol. The summed E-state index contributed by atoms with van der Waals surface area (Å²) in [5.74, 6) is 0.861. The Morgan fingerprint density at radius 1 is 1.00 bits per heavy atom. The second-order valence-corrected chi connectivity index (χ2v) is 7.46. The van der Waals surface area contributed by atoms with E-state index in [1.54, 1.807) is 0 Å². The average Bonchev–Trinajstić information content (AvgIpc) is 2.72. The molecule has 0 spiro atoms. The van der Waals surface area contributed by atoms with Gasteiger partial charge < -0.3 is 10.2 Å². The third-order valence-corrected chi connectivity index (χ3v) is 5.94. The molecule has 0 unspecified atom stereocenters. The van der Waals surface area contributed by atoms with Crippen LogP contribution in [0, 0.1) is 16.7 Å². The third kappa shape index (κ3) is 2.91. The van der Waals surface area contributed by atoms with Crippen LogP contribution in [0.4, 0.5) is 0 Å². The fourth-order valence-corrected chi connectivity index (χ4v) is 3.70. The van der Waals surface area contributed by atoms with Crippen molar-refractivity contribution in [2.45, 2.75) is 53.4 Å². The van der Waals surface area contributed by atoms with Gasteiger partial charge in [-0.1, -0.05) is 34.1 Å². The molecule has 1 heterocycles. The Kier molecular flexibility index (Phi) is 4.38. The first-order chi connectivity index (χ1) is 8.46. The predicted octanol–water partition coefficient (Wildman–Crippen LogP) is 3.13. The fraction of sp³-hybridized carbons (Fsp3) is 1.00. The Morgan fingerprint density at radius 3 is 2.17 bits per heavy atom. The quantitative estimate of drug-likeness (QED) is 0.731. The predicted molar refractivity (Wildman–Crippen MR) is 78.8 cm³/mol. The minimum atomic E-state index is 0.535. The lowest BCUT2D eigenvalue weighted by Crippen LogP contribution is -2.32. The Morgan fingerprint density at radius 2 is 1.61 bits per heavy atom. The van der Waals surface area contributed by atoms with Gasteiger partial charge in [0.1, 0.15) is 0 Å². The SMILES string of the molecule is CC1(C)C(CNCCCN2CCCCC2)C1(C)C. The van der Waals surface area contributed by atoms with Crippen LogP contribution in [0.1, 0.15) is 53.4 Å². The molecule has 1 aliphatic heterocycles. The van der Waals surface area contributed by atoms with Crippen LogP contribution in [-0.2, 0) is 0 Å². The second-order valence-electron chi connectivity index (χ2n) is 7.46. The Hall–Kier alpha value is -0.0800. The van der Waals surface area contributed by atoms with Crippen molar-refractivity contribution >= 4 is 0 Å². The topological polar surface area (TPSA) is 15.3 Å². The number of piperidine rings is 1. The van der Waals surface area contributed by atoms with E-state index in [9.17, 15) is 0 Å². The van der Waals surface area contributed by atoms with E-state index in [0.29, 0.717) is 10.8 Å². The van der Waals surface area contributed by atoms with Crippen LogP contribution < -0.4 is 5.32 Å². The molecule has 1 aliphatic carbocycles. The first-order valence-corrected chi connectivity index (χ1v) is 7.89. The molecule has 1 N–H and O–H groups in total. The van der Waals surface area contributed by atoms with Crippen LogP contribution in [0.15, 0.2) is 0 Å². The smallest absolute Gasteiger partial charge is 0.000664 e. The maximum Gasteiger partial charge on any atom is -0.000664 e. The summed E-state index contributed by atoms with van der Waals surface area (Å²) in [5, 5.41) is 3.67. The van der Waals surface area contributed by atoms with E-state index < -0.39 is 0 Å². The van der Waals surface area contributed by atoms with Crippen molar-refractivity contribution < 1.29 is 0 Å². The molecule has 0 amide bonds. The van der Waals surface area contributed by atoms with E-state index in [4.69, 9.17) is 0 Å². The largest absolute Gasteiger partial charge is 0.316 e. The van der Waals surface area contributed by atoms with Crippen molar-refractivity contribution in [3.8, 4) is 0 Å². The van der Waals surface area contributed by atoms with E-state index in [2.05, 4.69) is 37.9 Å². The summed E-state index contributed by atoms with van der Waals surface area (Å²) in [6.07, 6.45) is 5.59. The summed E-state index contributed by atoms with van der Waals surface area (Å²) in [6, 6.07) is 0. The molecule has 1 saturated heterocycles. The molecule has 0 aromatic rings. The van der Waals surface area contributed by atoms with Gasteiger partial charge in [-0.2, -0.15) is 0 Å². The van der Waals surface area contributed by atoms with Crippen molar-refractivity contribution in [1.29, 1.82) is 0 Å². The van der Waals surface area contributed by atoms with Crippen LogP contribution in [0.25, 0.3) is 0 Å². The second kappa shape index (κ2) is 5.50. The van der Waals surface area contributed by atoms with Crippen molar-refractivity contribution in [2.24, 2.45) is 16.7 Å². The number of nitrogens with zero attached hydrogens (tertiary/aromatic N) is 1. The molecule has 2 fully saturated rings. The molecule has 0 aromatic heterocycles. The normalized spacial score (nSPS) is 27.3. The summed E-state index contributed by atoms with van der Waals surface area (Å²) in [5.41, 5.74) is 1.07. The highest BCUT2D eigenvalue weighted by Gasteiger charge is 2.63. The van der Waals surface area contributed by atoms with Gasteiger partial charge >= 0.3 is 0 Å². The maximum absolute atomic E-state index is 3.67. The molecule has 2 heteroatoms. The molecule has 0 atom stereocenters. The summed E-state index contributed by atoms with van der Waals surface area (Å²) in [4.78, 5) is 2.64. The van der Waals surface area contributed by atoms with Crippen LogP contribution >= 0.6 is 0 Å². The Labute approximate surface area is 114 Å². The summed E-state index contributed by atoms with van der Waals surface area (Å²) in [7, 11) is 0. The van der Waals surface area contributed by atoms with Gasteiger partial charge in [-0.25, -0.2) is 0 Å². The minimum Gasteiger partial charge on any atom is -0.316 e. The average molecular weight is 252 g/mol. The van der Waals surface area contributed by atoms with E-state index in [1.807, 2.05) is 0 Å². The van der Waals surface area contributed by atoms with Gasteiger partial charge in [-0.3, -0.25) is 0 Å². The van der Waals surface area contributed by atoms with E-state index in [-0.39, 0.29) is 0 Å². The number of hydrogen-bond donors (Lipinski definition) is 1. The van der Waals surface area contributed by atoms with E-state index in [0.717, 1.165) is 5.92 Å². The zero-order valence-electron chi connectivity index (χ0n) is 12.9. The first kappa shape index (κ1) is 14.3. The maximum atomic E-state index is 3.67. The van der Waals surface area contributed by atoms with Gasteiger partial charge in [0, 0.05) is 0 Å². The van der Waals surface area contributed by atoms with Crippen molar-refractivity contribution in [2.75, 3.05) is 32.7 Å². The van der Waals surface area contributed by atoms with Crippen molar-refractivity contribution in [1.82, 2.24) is 10.2 Å². The lowest BCUT2D eigenvalue weighted by molar-refractivity contribution is 0.225. The molecule has 2 nitrogen and oxygen atoms in total. The molecule has 18 heavy (non-hydrogen) atoms. The lowest BCUT2D eigenvalue weighted by atomic mass is 10.0.